The molecule has 5 heteroatoms. The first-order valence-corrected chi connectivity index (χ1v) is 12.7. The summed E-state index contributed by atoms with van der Waals surface area (Å²) in [5.41, 5.74) is 3.08. The summed E-state index contributed by atoms with van der Waals surface area (Å²) in [6.45, 7) is 3.04. The molecule has 1 saturated heterocycles. The van der Waals surface area contributed by atoms with Crippen molar-refractivity contribution in [2.24, 2.45) is 11.8 Å². The first kappa shape index (κ1) is 22.0. The average Bonchev–Trinajstić information content (AvgIpc) is 3.31. The SMILES string of the molecule is CCC[C@H]1Nc2ccccc2[C@@H]2[C@H]1CCN2C(=O)[C@H]1CCCC[C@H]1NC(=O)c1ccccc1. The quantitative estimate of drug-likeness (QED) is 0.668. The Hall–Kier alpha value is -2.82. The van der Waals surface area contributed by atoms with Gasteiger partial charge in [0.05, 0.1) is 12.0 Å². The summed E-state index contributed by atoms with van der Waals surface area (Å²) in [5.74, 6) is 0.462. The molecule has 0 spiro atoms. The van der Waals surface area contributed by atoms with Gasteiger partial charge < -0.3 is 15.5 Å². The fourth-order valence-corrected chi connectivity index (χ4v) is 6.33. The van der Waals surface area contributed by atoms with Crippen molar-refractivity contribution in [3.8, 4) is 0 Å². The second-order valence-electron chi connectivity index (χ2n) is 9.89. The average molecular weight is 446 g/mol. The number of rotatable bonds is 5. The van der Waals surface area contributed by atoms with Crippen molar-refractivity contribution in [3.05, 3.63) is 65.7 Å². The summed E-state index contributed by atoms with van der Waals surface area (Å²) in [5, 5.41) is 6.98. The second-order valence-corrected chi connectivity index (χ2v) is 9.89. The Kier molecular flexibility index (Phi) is 6.39. The molecular weight excluding hydrogens is 410 g/mol. The van der Waals surface area contributed by atoms with E-state index in [0.29, 0.717) is 17.5 Å². The Labute approximate surface area is 196 Å². The normalized spacial score (nSPS) is 28.4. The van der Waals surface area contributed by atoms with Crippen molar-refractivity contribution in [3.63, 3.8) is 0 Å². The lowest BCUT2D eigenvalue weighted by Gasteiger charge is -2.42. The molecule has 0 radical (unpaired) electrons. The number of hydrogen-bond acceptors (Lipinski definition) is 3. The van der Waals surface area contributed by atoms with Crippen LogP contribution in [0.1, 0.15) is 73.8 Å². The van der Waals surface area contributed by atoms with Crippen LogP contribution in [0, 0.1) is 11.8 Å². The molecule has 1 saturated carbocycles. The molecule has 174 valence electrons. The van der Waals surface area contributed by atoms with Crippen molar-refractivity contribution < 1.29 is 9.59 Å². The molecule has 2 aromatic carbocycles. The molecule has 2 N–H and O–H groups in total. The number of carbonyl (C=O) groups excluding carboxylic acids is 2. The van der Waals surface area contributed by atoms with Crippen LogP contribution in [-0.4, -0.2) is 35.3 Å². The van der Waals surface area contributed by atoms with Gasteiger partial charge in [-0.2, -0.15) is 0 Å². The molecule has 2 aliphatic heterocycles. The van der Waals surface area contributed by atoms with E-state index in [1.165, 1.54) is 11.3 Å². The van der Waals surface area contributed by atoms with Gasteiger partial charge in [-0.3, -0.25) is 9.59 Å². The van der Waals surface area contributed by atoms with E-state index in [-0.39, 0.29) is 29.8 Å². The molecule has 0 bridgehead atoms. The summed E-state index contributed by atoms with van der Waals surface area (Å²) in [6, 6.07) is 18.3. The smallest absolute Gasteiger partial charge is 0.251 e. The Bertz CT molecular complexity index is 992. The number of carbonyl (C=O) groups is 2. The number of para-hydroxylation sites is 1. The summed E-state index contributed by atoms with van der Waals surface area (Å²) in [6.07, 6.45) is 7.12. The zero-order chi connectivity index (χ0) is 22.8. The Morgan fingerprint density at radius 1 is 1.00 bits per heavy atom. The van der Waals surface area contributed by atoms with Gasteiger partial charge >= 0.3 is 0 Å². The van der Waals surface area contributed by atoms with Gasteiger partial charge in [0.25, 0.3) is 5.91 Å². The standard InChI is InChI=1S/C28H35N3O2/c1-2-10-23-21-17-18-31(26(21)20-13-6-8-15-24(20)29-23)28(33)22-14-7-9-16-25(22)30-27(32)19-11-4-3-5-12-19/h3-6,8,11-13,15,21-23,25-26,29H,2,7,9-10,14,16-18H2,1H3,(H,30,32)/t21-,22-,23+,25+,26+/m0/s1. The molecule has 1 aliphatic carbocycles. The molecule has 2 aromatic rings. The van der Waals surface area contributed by atoms with Crippen LogP contribution in [0.25, 0.3) is 0 Å². The molecule has 0 unspecified atom stereocenters. The van der Waals surface area contributed by atoms with E-state index in [9.17, 15) is 9.59 Å². The van der Waals surface area contributed by atoms with Crippen LogP contribution < -0.4 is 10.6 Å². The fraction of sp³-hybridized carbons (Fsp3) is 0.500. The number of amides is 2. The van der Waals surface area contributed by atoms with Crippen molar-refractivity contribution in [2.45, 2.75) is 70.0 Å². The third-order valence-electron chi connectivity index (χ3n) is 7.90. The lowest BCUT2D eigenvalue weighted by molar-refractivity contribution is -0.138. The van der Waals surface area contributed by atoms with E-state index < -0.39 is 0 Å². The molecule has 5 rings (SSSR count). The van der Waals surface area contributed by atoms with Crippen molar-refractivity contribution >= 4 is 17.5 Å². The highest BCUT2D eigenvalue weighted by molar-refractivity contribution is 5.94. The predicted molar refractivity (Wildman–Crippen MR) is 131 cm³/mol. The van der Waals surface area contributed by atoms with Gasteiger partial charge in [-0.05, 0) is 49.4 Å². The van der Waals surface area contributed by atoms with E-state index in [4.69, 9.17) is 0 Å². The van der Waals surface area contributed by atoms with Crippen LogP contribution in [0.4, 0.5) is 5.69 Å². The van der Waals surface area contributed by atoms with Crippen LogP contribution in [0.3, 0.4) is 0 Å². The zero-order valence-electron chi connectivity index (χ0n) is 19.5. The van der Waals surface area contributed by atoms with Gasteiger partial charge in [-0.1, -0.05) is 62.6 Å². The minimum atomic E-state index is -0.142. The minimum Gasteiger partial charge on any atom is -0.382 e. The molecule has 0 aromatic heterocycles. The summed E-state index contributed by atoms with van der Waals surface area (Å²) >= 11 is 0. The van der Waals surface area contributed by atoms with Crippen LogP contribution in [0.5, 0.6) is 0 Å². The van der Waals surface area contributed by atoms with Gasteiger partial charge in [0, 0.05) is 35.8 Å². The molecule has 3 aliphatic rings. The number of nitrogens with one attached hydrogen (secondary N) is 2. The number of anilines is 1. The molecular formula is C28H35N3O2. The maximum Gasteiger partial charge on any atom is 0.251 e. The molecule has 2 amide bonds. The van der Waals surface area contributed by atoms with E-state index in [1.807, 2.05) is 30.3 Å². The van der Waals surface area contributed by atoms with Crippen molar-refractivity contribution in [2.75, 3.05) is 11.9 Å². The number of likely N-dealkylation sites (tertiary alicyclic amines) is 1. The number of hydrogen-bond donors (Lipinski definition) is 2. The number of benzene rings is 2. The topological polar surface area (TPSA) is 61.4 Å². The van der Waals surface area contributed by atoms with Gasteiger partial charge in [0.15, 0.2) is 0 Å². The first-order chi connectivity index (χ1) is 16.2. The minimum absolute atomic E-state index is 0.0742. The lowest BCUT2D eigenvalue weighted by Crippen LogP contribution is -2.50. The van der Waals surface area contributed by atoms with Gasteiger partial charge in [-0.25, -0.2) is 0 Å². The monoisotopic (exact) mass is 445 g/mol. The van der Waals surface area contributed by atoms with E-state index in [1.54, 1.807) is 0 Å². The van der Waals surface area contributed by atoms with Crippen molar-refractivity contribution in [1.82, 2.24) is 10.2 Å². The van der Waals surface area contributed by atoms with Crippen LogP contribution in [0.15, 0.2) is 54.6 Å². The second kappa shape index (κ2) is 9.58. The van der Waals surface area contributed by atoms with Crippen LogP contribution in [0.2, 0.25) is 0 Å². The maximum absolute atomic E-state index is 14.0. The molecule has 5 nitrogen and oxygen atoms in total. The lowest BCUT2D eigenvalue weighted by atomic mass is 9.80. The Morgan fingerprint density at radius 3 is 2.58 bits per heavy atom. The van der Waals surface area contributed by atoms with Crippen LogP contribution in [-0.2, 0) is 4.79 Å². The van der Waals surface area contributed by atoms with E-state index in [2.05, 4.69) is 46.7 Å². The molecule has 33 heavy (non-hydrogen) atoms. The summed E-state index contributed by atoms with van der Waals surface area (Å²) in [7, 11) is 0. The highest BCUT2D eigenvalue weighted by atomic mass is 16.2. The molecule has 5 atom stereocenters. The maximum atomic E-state index is 14.0. The Balaban J connectivity index is 1.38. The predicted octanol–water partition coefficient (Wildman–Crippen LogP) is 5.16. The fourth-order valence-electron chi connectivity index (χ4n) is 6.33. The van der Waals surface area contributed by atoms with E-state index in [0.717, 1.165) is 51.5 Å². The van der Waals surface area contributed by atoms with Crippen molar-refractivity contribution in [1.29, 1.82) is 0 Å². The third-order valence-corrected chi connectivity index (χ3v) is 7.90. The van der Waals surface area contributed by atoms with Gasteiger partial charge in [0.2, 0.25) is 5.91 Å². The summed E-state index contributed by atoms with van der Waals surface area (Å²) < 4.78 is 0. The Morgan fingerprint density at radius 2 is 1.76 bits per heavy atom. The van der Waals surface area contributed by atoms with Gasteiger partial charge in [0.1, 0.15) is 0 Å². The zero-order valence-corrected chi connectivity index (χ0v) is 19.5. The highest BCUT2D eigenvalue weighted by Gasteiger charge is 2.47. The summed E-state index contributed by atoms with van der Waals surface area (Å²) in [4.78, 5) is 29.0. The molecule has 2 heterocycles. The number of nitrogens with zero attached hydrogens (tertiary/aromatic N) is 1. The van der Waals surface area contributed by atoms with Gasteiger partial charge in [-0.15, -0.1) is 0 Å². The number of fused-ring (bicyclic) bond motifs is 3. The highest BCUT2D eigenvalue weighted by Crippen LogP contribution is 2.48. The largest absolute Gasteiger partial charge is 0.382 e. The third kappa shape index (κ3) is 4.25. The van der Waals surface area contributed by atoms with Crippen LogP contribution >= 0.6 is 0 Å². The molecule has 2 fully saturated rings. The first-order valence-electron chi connectivity index (χ1n) is 12.7. The van der Waals surface area contributed by atoms with E-state index >= 15 is 0 Å².